The van der Waals surface area contributed by atoms with Crippen molar-refractivity contribution >= 4 is 39.9 Å². The third-order valence-electron chi connectivity index (χ3n) is 6.50. The molecule has 1 unspecified atom stereocenters. The molecular formula is C31H22FN3O5S2. The summed E-state index contributed by atoms with van der Waals surface area (Å²) in [5, 5.41) is 19.7. The van der Waals surface area contributed by atoms with E-state index >= 15 is 0 Å². The minimum absolute atomic E-state index is 0.0134. The Bertz CT molecular complexity index is 1750. The summed E-state index contributed by atoms with van der Waals surface area (Å²) in [4.78, 5) is 28.3. The number of benzene rings is 3. The number of rotatable bonds is 10. The average molecular weight is 600 g/mol. The van der Waals surface area contributed by atoms with Crippen LogP contribution < -0.4 is 9.64 Å². The largest absolute Gasteiger partial charge is 0.503 e. The van der Waals surface area contributed by atoms with Gasteiger partial charge in [-0.25, -0.2) is 4.39 Å². The average Bonchev–Trinajstić information content (AvgIpc) is 3.77. The first-order valence-corrected chi connectivity index (χ1v) is 14.6. The summed E-state index contributed by atoms with van der Waals surface area (Å²) in [5.41, 5.74) is 2.27. The van der Waals surface area contributed by atoms with Gasteiger partial charge in [0.25, 0.3) is 5.91 Å². The number of amides is 1. The number of Topliss-reactive ketones (excluding diaryl/α,β-unsaturated/α-hetero) is 1. The predicted octanol–water partition coefficient (Wildman–Crippen LogP) is 6.92. The number of nitrogens with zero attached hydrogens (tertiary/aromatic N) is 3. The summed E-state index contributed by atoms with van der Waals surface area (Å²) in [6.45, 7) is 0.321. The Kier molecular flexibility index (Phi) is 7.85. The zero-order valence-corrected chi connectivity index (χ0v) is 23.5. The summed E-state index contributed by atoms with van der Waals surface area (Å²) >= 11 is 2.52. The SMILES string of the molecule is O=C(C1=C(O)C(=O)N(c2nnc(SCc3ccc(F)cc3)s2)C1c1cccc(OCc2ccccc2)c1)c1ccco1. The number of aliphatic hydroxyl groups is 1. The summed E-state index contributed by atoms with van der Waals surface area (Å²) in [7, 11) is 0. The first-order chi connectivity index (χ1) is 20.5. The number of carbonyl (C=O) groups excluding carboxylic acids is 2. The maximum Gasteiger partial charge on any atom is 0.296 e. The number of thioether (sulfide) groups is 1. The van der Waals surface area contributed by atoms with Crippen LogP contribution >= 0.6 is 23.1 Å². The Morgan fingerprint density at radius 2 is 1.81 bits per heavy atom. The van der Waals surface area contributed by atoms with E-state index in [0.717, 1.165) is 22.5 Å². The lowest BCUT2D eigenvalue weighted by Gasteiger charge is -2.24. The van der Waals surface area contributed by atoms with Crippen LogP contribution in [-0.4, -0.2) is 27.0 Å². The molecule has 0 spiro atoms. The Labute approximate surface area is 248 Å². The van der Waals surface area contributed by atoms with Gasteiger partial charge in [-0.2, -0.15) is 0 Å². The number of ketones is 1. The topological polar surface area (TPSA) is 106 Å². The van der Waals surface area contributed by atoms with E-state index in [1.54, 1.807) is 42.5 Å². The maximum atomic E-state index is 13.5. The lowest BCUT2D eigenvalue weighted by Crippen LogP contribution is -2.31. The molecular weight excluding hydrogens is 577 g/mol. The molecule has 0 bridgehead atoms. The molecule has 11 heteroatoms. The van der Waals surface area contributed by atoms with Gasteiger partial charge < -0.3 is 14.3 Å². The normalized spacial score (nSPS) is 14.9. The summed E-state index contributed by atoms with van der Waals surface area (Å²) in [5.74, 6) is -1.39. The fourth-order valence-corrected chi connectivity index (χ4v) is 6.31. The van der Waals surface area contributed by atoms with Gasteiger partial charge in [-0.15, -0.1) is 10.2 Å². The maximum absolute atomic E-state index is 13.5. The number of carbonyl (C=O) groups is 2. The van der Waals surface area contributed by atoms with Gasteiger partial charge in [0.05, 0.1) is 17.9 Å². The third-order valence-corrected chi connectivity index (χ3v) is 8.62. The second kappa shape index (κ2) is 12.0. The molecule has 6 rings (SSSR count). The number of furan rings is 1. The minimum Gasteiger partial charge on any atom is -0.503 e. The van der Waals surface area contributed by atoms with Gasteiger partial charge in [0.2, 0.25) is 10.9 Å². The zero-order chi connectivity index (χ0) is 29.1. The van der Waals surface area contributed by atoms with Crippen LogP contribution in [0, 0.1) is 5.82 Å². The van der Waals surface area contributed by atoms with Crippen molar-refractivity contribution in [1.82, 2.24) is 10.2 Å². The minimum atomic E-state index is -1.02. The van der Waals surface area contributed by atoms with Crippen molar-refractivity contribution in [2.45, 2.75) is 22.7 Å². The Morgan fingerprint density at radius 1 is 1.00 bits per heavy atom. The van der Waals surface area contributed by atoms with Crippen LogP contribution in [0.1, 0.15) is 33.3 Å². The molecule has 1 amide bonds. The molecule has 0 radical (unpaired) electrons. The highest BCUT2D eigenvalue weighted by Crippen LogP contribution is 2.44. The molecule has 5 aromatic rings. The van der Waals surface area contributed by atoms with E-state index in [4.69, 9.17) is 9.15 Å². The van der Waals surface area contributed by atoms with Crippen molar-refractivity contribution in [3.8, 4) is 5.75 Å². The molecule has 1 aliphatic rings. The second-order valence-electron chi connectivity index (χ2n) is 9.26. The van der Waals surface area contributed by atoms with Crippen LogP contribution in [0.2, 0.25) is 0 Å². The van der Waals surface area contributed by atoms with E-state index < -0.39 is 23.5 Å². The van der Waals surface area contributed by atoms with Crippen molar-refractivity contribution in [2.75, 3.05) is 4.90 Å². The number of halogens is 1. The monoisotopic (exact) mass is 599 g/mol. The van der Waals surface area contributed by atoms with Gasteiger partial charge in [-0.1, -0.05) is 77.7 Å². The summed E-state index contributed by atoms with van der Waals surface area (Å²) < 4.78 is 25.1. The molecule has 1 atom stereocenters. The van der Waals surface area contributed by atoms with Gasteiger partial charge in [-0.3, -0.25) is 14.5 Å². The molecule has 0 saturated carbocycles. The number of aliphatic hydroxyl groups excluding tert-OH is 1. The van der Waals surface area contributed by atoms with E-state index in [0.29, 0.717) is 28.0 Å². The number of aromatic nitrogens is 2. The molecule has 0 fully saturated rings. The molecule has 1 aliphatic heterocycles. The lowest BCUT2D eigenvalue weighted by atomic mass is 9.95. The van der Waals surface area contributed by atoms with Crippen LogP contribution in [-0.2, 0) is 17.2 Å². The highest BCUT2D eigenvalue weighted by atomic mass is 32.2. The molecule has 42 heavy (non-hydrogen) atoms. The van der Waals surface area contributed by atoms with Crippen LogP contribution in [0.25, 0.3) is 0 Å². The molecule has 0 aliphatic carbocycles. The van der Waals surface area contributed by atoms with Gasteiger partial charge in [0.1, 0.15) is 18.2 Å². The Balaban J connectivity index is 1.32. The van der Waals surface area contributed by atoms with E-state index in [1.807, 2.05) is 30.3 Å². The number of hydrogen-bond donors (Lipinski definition) is 1. The molecule has 210 valence electrons. The molecule has 0 saturated heterocycles. The summed E-state index contributed by atoms with van der Waals surface area (Å²) in [6, 6.07) is 24.8. The second-order valence-corrected chi connectivity index (χ2v) is 11.4. The van der Waals surface area contributed by atoms with Crippen LogP contribution in [0.3, 0.4) is 0 Å². The first kappa shape index (κ1) is 27.4. The van der Waals surface area contributed by atoms with Crippen LogP contribution in [0.5, 0.6) is 5.75 Å². The van der Waals surface area contributed by atoms with E-state index in [1.165, 1.54) is 41.1 Å². The smallest absolute Gasteiger partial charge is 0.296 e. The predicted molar refractivity (Wildman–Crippen MR) is 156 cm³/mol. The first-order valence-electron chi connectivity index (χ1n) is 12.8. The fourth-order valence-electron chi connectivity index (χ4n) is 4.49. The number of anilines is 1. The quantitative estimate of drug-likeness (QED) is 0.105. The number of ether oxygens (including phenoxy) is 1. The molecule has 8 nitrogen and oxygen atoms in total. The molecule has 1 N–H and O–H groups in total. The van der Waals surface area contributed by atoms with Gasteiger partial charge in [0, 0.05) is 5.75 Å². The van der Waals surface area contributed by atoms with E-state index in [2.05, 4.69) is 10.2 Å². The van der Waals surface area contributed by atoms with Crippen LogP contribution in [0.15, 0.2) is 117 Å². The van der Waals surface area contributed by atoms with Crippen molar-refractivity contribution in [3.05, 3.63) is 137 Å². The molecule has 3 aromatic carbocycles. The van der Waals surface area contributed by atoms with Crippen molar-refractivity contribution in [1.29, 1.82) is 0 Å². The third kappa shape index (κ3) is 5.69. The van der Waals surface area contributed by atoms with Gasteiger partial charge in [0.15, 0.2) is 15.9 Å². The van der Waals surface area contributed by atoms with E-state index in [9.17, 15) is 19.1 Å². The van der Waals surface area contributed by atoms with Crippen LogP contribution in [0.4, 0.5) is 9.52 Å². The zero-order valence-electron chi connectivity index (χ0n) is 21.8. The highest BCUT2D eigenvalue weighted by molar-refractivity contribution is 8.00. The van der Waals surface area contributed by atoms with Gasteiger partial charge >= 0.3 is 0 Å². The highest BCUT2D eigenvalue weighted by Gasteiger charge is 2.46. The van der Waals surface area contributed by atoms with Gasteiger partial charge in [-0.05, 0) is 53.1 Å². The van der Waals surface area contributed by atoms with Crippen molar-refractivity contribution in [2.24, 2.45) is 0 Å². The van der Waals surface area contributed by atoms with Crippen molar-refractivity contribution in [3.63, 3.8) is 0 Å². The number of hydrogen-bond acceptors (Lipinski definition) is 9. The Hall–Kier alpha value is -4.74. The fraction of sp³-hybridized carbons (Fsp3) is 0.0968. The standard InChI is InChI=1S/C31H22FN3O5S2/c32-22-13-11-20(12-14-22)18-41-31-34-33-30(42-31)35-26(25(28(37)29(35)38)27(36)24-10-5-15-39-24)21-8-4-9-23(16-21)40-17-19-6-2-1-3-7-19/h1-16,26,37H,17-18H2. The lowest BCUT2D eigenvalue weighted by molar-refractivity contribution is -0.117. The van der Waals surface area contributed by atoms with Crippen molar-refractivity contribution < 1.29 is 28.2 Å². The molecule has 2 aromatic heterocycles. The summed E-state index contributed by atoms with van der Waals surface area (Å²) in [6.07, 6.45) is 1.35. The molecule has 3 heterocycles. The Morgan fingerprint density at radius 3 is 2.57 bits per heavy atom. The van der Waals surface area contributed by atoms with E-state index in [-0.39, 0.29) is 22.3 Å².